The van der Waals surface area contributed by atoms with Gasteiger partial charge in [-0.05, 0) is 43.7 Å². The van der Waals surface area contributed by atoms with Gasteiger partial charge in [0, 0.05) is 37.8 Å². The smallest absolute Gasteiger partial charge is 0.246 e. The maximum absolute atomic E-state index is 13.2. The predicted octanol–water partition coefficient (Wildman–Crippen LogP) is 3.29. The second-order valence-electron chi connectivity index (χ2n) is 8.00. The fraction of sp³-hybridized carbons (Fsp3) is 0.333. The van der Waals surface area contributed by atoms with Gasteiger partial charge in [-0.3, -0.25) is 0 Å². The molecule has 1 aliphatic heterocycles. The first-order valence-electron chi connectivity index (χ1n) is 10.7. The lowest BCUT2D eigenvalue weighted by atomic mass is 10.0. The number of benzene rings is 2. The second-order valence-corrected chi connectivity index (χ2v) is 9.91. The number of rotatable bonds is 6. The zero-order chi connectivity index (χ0) is 23.6. The third-order valence-corrected chi connectivity index (χ3v) is 7.80. The SMILES string of the molecule is COc1ccc(S(=O)(=O)N2CCN(c3ccc(-c4ccc(C)cc4C)nn3)CC2)c(OC)c1. The Morgan fingerprint density at radius 3 is 2.21 bits per heavy atom. The van der Waals surface area contributed by atoms with E-state index in [-0.39, 0.29) is 10.6 Å². The van der Waals surface area contributed by atoms with E-state index < -0.39 is 10.0 Å². The molecule has 0 aliphatic carbocycles. The molecule has 1 fully saturated rings. The average molecular weight is 469 g/mol. The molecule has 0 spiro atoms. The molecule has 0 bridgehead atoms. The second kappa shape index (κ2) is 9.36. The van der Waals surface area contributed by atoms with Crippen molar-refractivity contribution in [1.29, 1.82) is 0 Å². The highest BCUT2D eigenvalue weighted by Gasteiger charge is 2.31. The van der Waals surface area contributed by atoms with Gasteiger partial charge in [-0.1, -0.05) is 23.8 Å². The molecule has 0 unspecified atom stereocenters. The first-order chi connectivity index (χ1) is 15.8. The van der Waals surface area contributed by atoms with Crippen molar-refractivity contribution >= 4 is 15.8 Å². The van der Waals surface area contributed by atoms with E-state index in [1.807, 2.05) is 12.1 Å². The first kappa shape index (κ1) is 23.0. The Balaban J connectivity index is 1.46. The van der Waals surface area contributed by atoms with E-state index in [9.17, 15) is 8.42 Å². The fourth-order valence-electron chi connectivity index (χ4n) is 4.02. The molecule has 0 amide bonds. The first-order valence-corrected chi connectivity index (χ1v) is 12.2. The number of sulfonamides is 1. The summed E-state index contributed by atoms with van der Waals surface area (Å²) >= 11 is 0. The summed E-state index contributed by atoms with van der Waals surface area (Å²) < 4.78 is 38.4. The molecular formula is C24H28N4O4S. The van der Waals surface area contributed by atoms with Gasteiger partial charge >= 0.3 is 0 Å². The van der Waals surface area contributed by atoms with E-state index in [2.05, 4.69) is 47.1 Å². The fourth-order valence-corrected chi connectivity index (χ4v) is 5.58. The minimum absolute atomic E-state index is 0.136. The highest BCUT2D eigenvalue weighted by molar-refractivity contribution is 7.89. The molecule has 0 radical (unpaired) electrons. The van der Waals surface area contributed by atoms with Gasteiger partial charge in [-0.25, -0.2) is 8.42 Å². The summed E-state index contributed by atoms with van der Waals surface area (Å²) in [5, 5.41) is 8.83. The third-order valence-electron chi connectivity index (χ3n) is 5.86. The van der Waals surface area contributed by atoms with Gasteiger partial charge in [-0.15, -0.1) is 10.2 Å². The molecule has 4 rings (SSSR count). The molecule has 0 N–H and O–H groups in total. The lowest BCUT2D eigenvalue weighted by Crippen LogP contribution is -2.49. The zero-order valence-corrected chi connectivity index (χ0v) is 20.1. The minimum atomic E-state index is -3.70. The van der Waals surface area contributed by atoms with Crippen LogP contribution < -0.4 is 14.4 Å². The van der Waals surface area contributed by atoms with Crippen molar-refractivity contribution in [1.82, 2.24) is 14.5 Å². The Labute approximate surface area is 194 Å². The van der Waals surface area contributed by atoms with Crippen LogP contribution in [0.2, 0.25) is 0 Å². The summed E-state index contributed by atoms with van der Waals surface area (Å²) in [6.45, 7) is 5.87. The summed E-state index contributed by atoms with van der Waals surface area (Å²) in [5.74, 6) is 1.55. The number of hydrogen-bond donors (Lipinski definition) is 0. The number of ether oxygens (including phenoxy) is 2. The molecule has 9 heteroatoms. The van der Waals surface area contributed by atoms with Crippen molar-refractivity contribution in [2.24, 2.45) is 0 Å². The van der Waals surface area contributed by atoms with E-state index in [1.165, 1.54) is 30.2 Å². The Morgan fingerprint density at radius 2 is 1.61 bits per heavy atom. The normalized spacial score (nSPS) is 14.8. The van der Waals surface area contributed by atoms with E-state index in [1.54, 1.807) is 12.1 Å². The van der Waals surface area contributed by atoms with Gasteiger partial charge in [0.25, 0.3) is 0 Å². The molecule has 0 saturated carbocycles. The molecule has 2 aromatic carbocycles. The highest BCUT2D eigenvalue weighted by atomic mass is 32.2. The number of hydrogen-bond acceptors (Lipinski definition) is 7. The van der Waals surface area contributed by atoms with Crippen LogP contribution in [0.5, 0.6) is 11.5 Å². The van der Waals surface area contributed by atoms with Gasteiger partial charge in [-0.2, -0.15) is 4.31 Å². The monoisotopic (exact) mass is 468 g/mol. The lowest BCUT2D eigenvalue weighted by molar-refractivity contribution is 0.369. The number of aryl methyl sites for hydroxylation is 2. The summed E-state index contributed by atoms with van der Waals surface area (Å²) in [6, 6.07) is 14.9. The van der Waals surface area contributed by atoms with Crippen LogP contribution in [-0.4, -0.2) is 63.3 Å². The number of anilines is 1. The van der Waals surface area contributed by atoms with Gasteiger partial charge < -0.3 is 14.4 Å². The number of methoxy groups -OCH3 is 2. The van der Waals surface area contributed by atoms with Gasteiger partial charge in [0.2, 0.25) is 10.0 Å². The van der Waals surface area contributed by atoms with Crippen molar-refractivity contribution in [2.45, 2.75) is 18.7 Å². The maximum atomic E-state index is 13.2. The molecule has 1 aliphatic rings. The van der Waals surface area contributed by atoms with E-state index in [0.717, 1.165) is 22.6 Å². The van der Waals surface area contributed by atoms with Gasteiger partial charge in [0.05, 0.1) is 19.9 Å². The van der Waals surface area contributed by atoms with Crippen molar-refractivity contribution < 1.29 is 17.9 Å². The Morgan fingerprint density at radius 1 is 0.848 bits per heavy atom. The van der Waals surface area contributed by atoms with Crippen LogP contribution in [-0.2, 0) is 10.0 Å². The van der Waals surface area contributed by atoms with Crippen LogP contribution in [0.3, 0.4) is 0 Å². The van der Waals surface area contributed by atoms with Crippen LogP contribution in [0.15, 0.2) is 53.4 Å². The number of aromatic nitrogens is 2. The molecule has 1 aromatic heterocycles. The molecule has 33 heavy (non-hydrogen) atoms. The number of nitrogens with zero attached hydrogens (tertiary/aromatic N) is 4. The average Bonchev–Trinajstić information content (AvgIpc) is 2.84. The van der Waals surface area contributed by atoms with Crippen LogP contribution in [0.4, 0.5) is 5.82 Å². The van der Waals surface area contributed by atoms with Crippen molar-refractivity contribution in [3.8, 4) is 22.8 Å². The summed E-state index contributed by atoms with van der Waals surface area (Å²) in [5.41, 5.74) is 4.25. The van der Waals surface area contributed by atoms with Crippen molar-refractivity contribution in [3.63, 3.8) is 0 Å². The van der Waals surface area contributed by atoms with Crippen LogP contribution in [0, 0.1) is 13.8 Å². The molecular weight excluding hydrogens is 440 g/mol. The predicted molar refractivity (Wildman–Crippen MR) is 127 cm³/mol. The zero-order valence-electron chi connectivity index (χ0n) is 19.3. The lowest BCUT2D eigenvalue weighted by Gasteiger charge is -2.34. The van der Waals surface area contributed by atoms with Crippen molar-refractivity contribution in [2.75, 3.05) is 45.3 Å². The number of piperazine rings is 1. The van der Waals surface area contributed by atoms with Gasteiger partial charge in [0.1, 0.15) is 16.4 Å². The summed E-state index contributed by atoms with van der Waals surface area (Å²) in [4.78, 5) is 2.19. The van der Waals surface area contributed by atoms with E-state index >= 15 is 0 Å². The van der Waals surface area contributed by atoms with Crippen LogP contribution in [0.25, 0.3) is 11.3 Å². The molecule has 174 valence electrons. The van der Waals surface area contributed by atoms with Crippen LogP contribution >= 0.6 is 0 Å². The van der Waals surface area contributed by atoms with Gasteiger partial charge in [0.15, 0.2) is 5.82 Å². The highest BCUT2D eigenvalue weighted by Crippen LogP contribution is 2.31. The molecule has 1 saturated heterocycles. The molecule has 8 nitrogen and oxygen atoms in total. The quantitative estimate of drug-likeness (QED) is 0.549. The molecule has 0 atom stereocenters. The summed E-state index contributed by atoms with van der Waals surface area (Å²) in [6.07, 6.45) is 0. The summed E-state index contributed by atoms with van der Waals surface area (Å²) in [7, 11) is -0.718. The van der Waals surface area contributed by atoms with E-state index in [4.69, 9.17) is 9.47 Å². The largest absolute Gasteiger partial charge is 0.497 e. The van der Waals surface area contributed by atoms with E-state index in [0.29, 0.717) is 31.9 Å². The van der Waals surface area contributed by atoms with Crippen molar-refractivity contribution in [3.05, 3.63) is 59.7 Å². The third kappa shape index (κ3) is 4.65. The maximum Gasteiger partial charge on any atom is 0.246 e. The minimum Gasteiger partial charge on any atom is -0.497 e. The molecule has 3 aromatic rings. The van der Waals surface area contributed by atoms with Crippen LogP contribution in [0.1, 0.15) is 11.1 Å². The standard InChI is InChI=1S/C24H28N4O4S/c1-17-5-7-20(18(2)15-17)21-8-10-24(26-25-21)27-11-13-28(14-12-27)33(29,30)23-9-6-19(31-3)16-22(23)32-4/h5-10,15-16H,11-14H2,1-4H3. The Kier molecular flexibility index (Phi) is 6.53. The molecule has 2 heterocycles. The topological polar surface area (TPSA) is 84.9 Å². The Bertz CT molecular complexity index is 1240. The Hall–Kier alpha value is -3.17.